The van der Waals surface area contributed by atoms with E-state index in [4.69, 9.17) is 37.0 Å². The van der Waals surface area contributed by atoms with Crippen LogP contribution in [0.15, 0.2) is 0 Å². The number of carbonyl (C=O) groups excluding carboxylic acids is 4. The molecule has 0 saturated heterocycles. The molecule has 17 nitrogen and oxygen atoms in total. The summed E-state index contributed by atoms with van der Waals surface area (Å²) in [6.07, 6.45) is 73.5. The fourth-order valence-electron chi connectivity index (χ4n) is 13.6. The molecule has 0 heterocycles. The molecule has 0 aliphatic carbocycles. The Labute approximate surface area is 651 Å². The molecular weight excluding hydrogens is 1380 g/mol. The van der Waals surface area contributed by atoms with Crippen molar-refractivity contribution in [3.05, 3.63) is 0 Å². The molecule has 0 aliphatic heterocycles. The van der Waals surface area contributed by atoms with Gasteiger partial charge in [0.1, 0.15) is 19.3 Å². The van der Waals surface area contributed by atoms with E-state index in [0.29, 0.717) is 25.7 Å². The van der Waals surface area contributed by atoms with Crippen LogP contribution in [0.25, 0.3) is 0 Å². The predicted molar refractivity (Wildman–Crippen MR) is 437 cm³/mol. The van der Waals surface area contributed by atoms with Crippen LogP contribution in [0, 0.1) is 5.92 Å². The van der Waals surface area contributed by atoms with Gasteiger partial charge in [-0.3, -0.25) is 37.3 Å². The number of aliphatic hydroxyl groups is 1. The molecule has 2 unspecified atom stereocenters. The van der Waals surface area contributed by atoms with Crippen molar-refractivity contribution in [3.8, 4) is 0 Å². The van der Waals surface area contributed by atoms with Gasteiger partial charge in [0.2, 0.25) is 0 Å². The van der Waals surface area contributed by atoms with Crippen molar-refractivity contribution in [2.45, 2.75) is 490 Å². The zero-order valence-corrected chi connectivity index (χ0v) is 71.4. The average molecular weight is 1550 g/mol. The maximum Gasteiger partial charge on any atom is 0.472 e. The Morgan fingerprint density at radius 1 is 0.255 bits per heavy atom. The number of phosphoric ester groups is 2. The molecule has 0 spiro atoms. The van der Waals surface area contributed by atoms with Crippen molar-refractivity contribution >= 4 is 39.5 Å². The summed E-state index contributed by atoms with van der Waals surface area (Å²) in [6.45, 7) is 7.40. The Morgan fingerprint density at radius 2 is 0.434 bits per heavy atom. The second-order valence-electron chi connectivity index (χ2n) is 31.8. The van der Waals surface area contributed by atoms with Gasteiger partial charge >= 0.3 is 39.5 Å². The molecule has 0 fully saturated rings. The zero-order valence-electron chi connectivity index (χ0n) is 69.6. The van der Waals surface area contributed by atoms with Crippen molar-refractivity contribution < 1.29 is 80.2 Å². The monoisotopic (exact) mass is 1550 g/mol. The number of carbonyl (C=O) groups is 4. The first-order valence-electron chi connectivity index (χ1n) is 45.1. The van der Waals surface area contributed by atoms with Crippen LogP contribution in [-0.4, -0.2) is 96.7 Å². The summed E-state index contributed by atoms with van der Waals surface area (Å²) in [6, 6.07) is 0. The summed E-state index contributed by atoms with van der Waals surface area (Å²) in [4.78, 5) is 73.3. The summed E-state index contributed by atoms with van der Waals surface area (Å²) < 4.78 is 69.0. The maximum atomic E-state index is 13.2. The first kappa shape index (κ1) is 104. The number of esters is 4. The third kappa shape index (κ3) is 80.1. The quantitative estimate of drug-likeness (QED) is 0.0222. The fraction of sp³-hybridized carbons (Fsp3) is 0.954. The minimum atomic E-state index is -4.97. The van der Waals surface area contributed by atoms with Gasteiger partial charge in [-0.05, 0) is 31.6 Å². The Hall–Kier alpha value is -1.94. The van der Waals surface area contributed by atoms with Crippen molar-refractivity contribution in [2.75, 3.05) is 39.6 Å². The third-order valence-electron chi connectivity index (χ3n) is 20.5. The maximum absolute atomic E-state index is 13.2. The second kappa shape index (κ2) is 79.7. The summed E-state index contributed by atoms with van der Waals surface area (Å²) in [7, 11) is -9.93. The number of phosphoric acid groups is 2. The molecule has 0 bridgehead atoms. The second-order valence-corrected chi connectivity index (χ2v) is 34.7. The SMILES string of the molecule is CCCCCCCCCCCCCCCCCCCCCC(=O)O[C@H](COC(=O)CCCCCCCCCCCCCCCCCC(C)C)COP(=O)(O)OC[C@@H](O)COP(=O)(O)OC[C@@H](COC(=O)CCCCCCCCCCCCC)OC(=O)CCCCCCCCCCCCCCCCCCCC. The average Bonchev–Trinajstić information content (AvgIpc) is 0.907. The number of hydrogen-bond donors (Lipinski definition) is 3. The Balaban J connectivity index is 5.24. The first-order valence-corrected chi connectivity index (χ1v) is 48.1. The number of rotatable bonds is 87. The van der Waals surface area contributed by atoms with Crippen LogP contribution in [0.1, 0.15) is 471 Å². The van der Waals surface area contributed by atoms with Gasteiger partial charge in [0.25, 0.3) is 0 Å². The number of aliphatic hydroxyl groups excluding tert-OH is 1. The van der Waals surface area contributed by atoms with Crippen LogP contribution in [0.2, 0.25) is 0 Å². The van der Waals surface area contributed by atoms with Crippen molar-refractivity contribution in [3.63, 3.8) is 0 Å². The van der Waals surface area contributed by atoms with Crippen LogP contribution in [0.5, 0.6) is 0 Å². The molecule has 0 amide bonds. The highest BCUT2D eigenvalue weighted by molar-refractivity contribution is 7.47. The van der Waals surface area contributed by atoms with E-state index in [-0.39, 0.29) is 25.7 Å². The molecule has 19 heteroatoms. The van der Waals surface area contributed by atoms with Crippen molar-refractivity contribution in [2.24, 2.45) is 5.92 Å². The van der Waals surface area contributed by atoms with E-state index in [1.54, 1.807) is 0 Å². The van der Waals surface area contributed by atoms with Crippen LogP contribution in [-0.2, 0) is 65.4 Å². The highest BCUT2D eigenvalue weighted by atomic mass is 31.2. The zero-order chi connectivity index (χ0) is 77.6. The van der Waals surface area contributed by atoms with E-state index < -0.39 is 97.5 Å². The van der Waals surface area contributed by atoms with Gasteiger partial charge in [-0.25, -0.2) is 9.13 Å². The number of unbranched alkanes of at least 4 members (excludes halogenated alkanes) is 59. The number of hydrogen-bond acceptors (Lipinski definition) is 15. The topological polar surface area (TPSA) is 237 Å². The summed E-state index contributed by atoms with van der Waals surface area (Å²) >= 11 is 0. The van der Waals surface area contributed by atoms with Crippen molar-refractivity contribution in [1.29, 1.82) is 0 Å². The molecule has 0 aromatic heterocycles. The molecule has 0 saturated carbocycles. The lowest BCUT2D eigenvalue weighted by atomic mass is 10.0. The highest BCUT2D eigenvalue weighted by Crippen LogP contribution is 2.45. The van der Waals surface area contributed by atoms with Crippen LogP contribution in [0.3, 0.4) is 0 Å². The summed E-state index contributed by atoms with van der Waals surface area (Å²) in [5.74, 6) is -1.29. The fourth-order valence-corrected chi connectivity index (χ4v) is 15.2. The molecule has 3 N–H and O–H groups in total. The first-order chi connectivity index (χ1) is 51.5. The van der Waals surface area contributed by atoms with Crippen LogP contribution >= 0.6 is 15.6 Å². The van der Waals surface area contributed by atoms with Gasteiger partial charge in [0.05, 0.1) is 26.4 Å². The Bertz CT molecular complexity index is 2010. The van der Waals surface area contributed by atoms with Gasteiger partial charge in [-0.2, -0.15) is 0 Å². The lowest BCUT2D eigenvalue weighted by molar-refractivity contribution is -0.161. The molecule has 5 atom stereocenters. The van der Waals surface area contributed by atoms with Crippen molar-refractivity contribution in [1.82, 2.24) is 0 Å². The summed E-state index contributed by atoms with van der Waals surface area (Å²) in [5.41, 5.74) is 0. The summed E-state index contributed by atoms with van der Waals surface area (Å²) in [5, 5.41) is 10.7. The van der Waals surface area contributed by atoms with E-state index in [1.165, 1.54) is 295 Å². The van der Waals surface area contributed by atoms with Crippen LogP contribution < -0.4 is 0 Å². The number of ether oxygens (including phenoxy) is 4. The molecule has 0 rings (SSSR count). The molecule has 106 heavy (non-hydrogen) atoms. The largest absolute Gasteiger partial charge is 0.472 e. The Kier molecular flexibility index (Phi) is 78.2. The smallest absolute Gasteiger partial charge is 0.462 e. The Morgan fingerprint density at radius 3 is 0.642 bits per heavy atom. The minimum absolute atomic E-state index is 0.109. The van der Waals surface area contributed by atoms with Gasteiger partial charge in [-0.1, -0.05) is 420 Å². The molecule has 0 aromatic carbocycles. The van der Waals surface area contributed by atoms with E-state index >= 15 is 0 Å². The standard InChI is InChI=1S/C87H170O17P2/c1-6-9-12-15-18-21-24-26-28-30-32-34-38-43-48-53-58-63-68-73-87(92)104-83(77-98-85(90)71-66-61-56-51-46-41-39-35-36-40-45-49-54-59-64-69-80(4)5)79-102-106(95,96)100-75-81(88)74-99-105(93,94)101-78-82(76-97-84(89)70-65-60-55-50-44-23-20-17-14-11-8-3)103-86(91)72-67-62-57-52-47-42-37-33-31-29-27-25-22-19-16-13-10-7-2/h80-83,88H,6-79H2,1-5H3,(H,93,94)(H,95,96)/t81-,82+,83+/m0/s1. The molecule has 0 aliphatic rings. The normalized spacial score (nSPS) is 13.7. The lowest BCUT2D eigenvalue weighted by Crippen LogP contribution is -2.30. The minimum Gasteiger partial charge on any atom is -0.462 e. The van der Waals surface area contributed by atoms with E-state index in [1.807, 2.05) is 0 Å². The highest BCUT2D eigenvalue weighted by Gasteiger charge is 2.30. The van der Waals surface area contributed by atoms with Gasteiger partial charge < -0.3 is 33.8 Å². The van der Waals surface area contributed by atoms with Gasteiger partial charge in [0, 0.05) is 25.7 Å². The van der Waals surface area contributed by atoms with Gasteiger partial charge in [-0.15, -0.1) is 0 Å². The van der Waals surface area contributed by atoms with E-state index in [2.05, 4.69) is 34.6 Å². The molecular formula is C87H170O17P2. The molecule has 630 valence electrons. The molecule has 0 radical (unpaired) electrons. The van der Waals surface area contributed by atoms with E-state index in [0.717, 1.165) is 95.8 Å². The molecule has 0 aromatic rings. The third-order valence-corrected chi connectivity index (χ3v) is 22.4. The van der Waals surface area contributed by atoms with Crippen LogP contribution in [0.4, 0.5) is 0 Å². The van der Waals surface area contributed by atoms with E-state index in [9.17, 15) is 43.2 Å². The van der Waals surface area contributed by atoms with Gasteiger partial charge in [0.15, 0.2) is 12.2 Å². The lowest BCUT2D eigenvalue weighted by Gasteiger charge is -2.21. The predicted octanol–water partition coefficient (Wildman–Crippen LogP) is 26.8.